The van der Waals surface area contributed by atoms with Crippen LogP contribution in [0.4, 0.5) is 35.0 Å². The molecule has 0 bridgehead atoms. The van der Waals surface area contributed by atoms with E-state index in [1.165, 1.54) is 13.0 Å². The van der Waals surface area contributed by atoms with E-state index in [0.717, 1.165) is 0 Å². The van der Waals surface area contributed by atoms with Crippen LogP contribution in [-0.2, 0) is 4.74 Å². The average molecular weight is 761 g/mol. The van der Waals surface area contributed by atoms with Crippen molar-refractivity contribution in [2.24, 2.45) is 15.9 Å². The molecule has 52 heavy (non-hydrogen) atoms. The van der Waals surface area contributed by atoms with Crippen LogP contribution >= 0.6 is 11.6 Å². The highest BCUT2D eigenvalue weighted by atomic mass is 35.5. The summed E-state index contributed by atoms with van der Waals surface area (Å²) >= 11 is 5.84. The lowest BCUT2D eigenvalue weighted by Gasteiger charge is -2.29. The number of halogens is 5. The number of esters is 1. The van der Waals surface area contributed by atoms with E-state index < -0.39 is 17.8 Å². The minimum atomic E-state index is -2.60. The molecule has 2 aliphatic rings. The summed E-state index contributed by atoms with van der Waals surface area (Å²) in [7, 11) is 0. The third kappa shape index (κ3) is 14.0. The number of aliphatic imine (C=N–C) groups is 1. The molecule has 0 spiro atoms. The SMILES string of the molecule is C/C(N)=N/O.CC(=Nc1cc(NC2CCC(F)(F)CC2)nc(-c2nc(C)no2)n1)NO.CCOC(=O)c1nc(Cl)cc(NC2CCC(F)(F)CC2)n1. The van der Waals surface area contributed by atoms with Gasteiger partial charge in [-0.2, -0.15) is 4.98 Å². The second-order valence-electron chi connectivity index (χ2n) is 11.8. The number of ether oxygens (including phenoxy) is 1. The zero-order valence-corrected chi connectivity index (χ0v) is 29.6. The first kappa shape index (κ1) is 41.5. The van der Waals surface area contributed by atoms with E-state index in [1.54, 1.807) is 26.8 Å². The largest absolute Gasteiger partial charge is 0.460 e. The standard InChI is InChI=1S/C15H19F2N7O2.C13H16ClF2N3O2.C2H6N2O/c1-8(23-25)18-11-7-12(20-10-3-5-15(16,17)6-4-10)22-13(21-11)14-19-9(2)24-26-14;1-2-21-12(20)11-18-9(14)7-10(19-11)17-8-3-5-13(15,16)6-4-8;1-2(3)4-5/h7,10,25H,3-6H2,1-2H3,(H2,18,20,21,22,23);7-8H,2-6H2,1H3,(H,17,18,19);5H,1H3,(H2,3,4). The van der Waals surface area contributed by atoms with Crippen molar-refractivity contribution in [3.05, 3.63) is 28.9 Å². The van der Waals surface area contributed by atoms with Crippen LogP contribution in [0.5, 0.6) is 0 Å². The van der Waals surface area contributed by atoms with E-state index in [1.807, 2.05) is 5.48 Å². The van der Waals surface area contributed by atoms with Gasteiger partial charge in [-0.3, -0.25) is 10.7 Å². The van der Waals surface area contributed by atoms with Crippen molar-refractivity contribution in [3.8, 4) is 11.7 Å². The highest BCUT2D eigenvalue weighted by molar-refractivity contribution is 6.29. The molecule has 3 aromatic rings. The number of oxime groups is 1. The van der Waals surface area contributed by atoms with Crippen LogP contribution in [0.25, 0.3) is 11.7 Å². The van der Waals surface area contributed by atoms with Crippen molar-refractivity contribution in [1.82, 2.24) is 35.6 Å². The lowest BCUT2D eigenvalue weighted by molar-refractivity contribution is -0.0366. The summed E-state index contributed by atoms with van der Waals surface area (Å²) < 4.78 is 62.7. The first-order valence-electron chi connectivity index (χ1n) is 16.1. The summed E-state index contributed by atoms with van der Waals surface area (Å²) in [5.74, 6) is -3.90. The molecule has 17 nitrogen and oxygen atoms in total. The van der Waals surface area contributed by atoms with E-state index in [0.29, 0.717) is 43.1 Å². The molecular weight excluding hydrogens is 720 g/mol. The second-order valence-corrected chi connectivity index (χ2v) is 12.2. The van der Waals surface area contributed by atoms with Gasteiger partial charge in [0.2, 0.25) is 23.5 Å². The maximum absolute atomic E-state index is 13.3. The molecule has 22 heteroatoms. The first-order chi connectivity index (χ1) is 24.5. The number of carbonyl (C=O) groups excluding carboxylic acids is 1. The van der Waals surface area contributed by atoms with Crippen molar-refractivity contribution >= 4 is 46.7 Å². The summed E-state index contributed by atoms with van der Waals surface area (Å²) in [6.07, 6.45) is 0.701. The van der Waals surface area contributed by atoms with Crippen molar-refractivity contribution in [2.75, 3.05) is 17.2 Å². The van der Waals surface area contributed by atoms with Gasteiger partial charge >= 0.3 is 5.97 Å². The molecule has 0 amide bonds. The summed E-state index contributed by atoms with van der Waals surface area (Å²) in [6.45, 7) is 6.59. The monoisotopic (exact) mass is 760 g/mol. The molecular formula is C30H41ClF4N12O5. The summed E-state index contributed by atoms with van der Waals surface area (Å²) in [5, 5.41) is 29.1. The van der Waals surface area contributed by atoms with E-state index in [2.05, 4.69) is 50.9 Å². The van der Waals surface area contributed by atoms with Gasteiger partial charge in [-0.15, -0.1) is 0 Å². The molecule has 0 aromatic carbocycles. The third-order valence-corrected chi connectivity index (χ3v) is 7.52. The quantitative estimate of drug-likeness (QED) is 0.0298. The Morgan fingerprint density at radius 2 is 1.52 bits per heavy atom. The van der Waals surface area contributed by atoms with E-state index >= 15 is 0 Å². The van der Waals surface area contributed by atoms with Crippen LogP contribution in [0, 0.1) is 6.92 Å². The molecule has 3 heterocycles. The Hall–Kier alpha value is -4.92. The number of nitrogens with zero attached hydrogens (tertiary/aromatic N) is 8. The molecule has 286 valence electrons. The van der Waals surface area contributed by atoms with Crippen LogP contribution < -0.4 is 21.8 Å². The highest BCUT2D eigenvalue weighted by Gasteiger charge is 2.36. The number of rotatable bonds is 8. The number of hydrogen-bond donors (Lipinski definition) is 6. The number of amidine groups is 2. The number of carbonyl (C=O) groups is 1. The van der Waals surface area contributed by atoms with Gasteiger partial charge < -0.3 is 30.8 Å². The number of aromatic nitrogens is 6. The van der Waals surface area contributed by atoms with Crippen LogP contribution in [0.3, 0.4) is 0 Å². The molecule has 2 aliphatic carbocycles. The molecule has 2 fully saturated rings. The smallest absolute Gasteiger partial charge is 0.376 e. The molecule has 7 N–H and O–H groups in total. The highest BCUT2D eigenvalue weighted by Crippen LogP contribution is 2.35. The van der Waals surface area contributed by atoms with Gasteiger partial charge in [0.05, 0.1) is 6.61 Å². The molecule has 0 saturated heterocycles. The molecule has 3 aromatic heterocycles. The Labute approximate surface area is 300 Å². The molecule has 5 rings (SSSR count). The van der Waals surface area contributed by atoms with Crippen molar-refractivity contribution in [2.45, 2.75) is 103 Å². The fraction of sp³-hybridized carbons (Fsp3) is 0.567. The van der Waals surface area contributed by atoms with Gasteiger partial charge in [-0.25, -0.2) is 47.3 Å². The summed E-state index contributed by atoms with van der Waals surface area (Å²) in [4.78, 5) is 36.1. The molecule has 0 unspecified atom stereocenters. The minimum Gasteiger partial charge on any atom is -0.460 e. The van der Waals surface area contributed by atoms with Gasteiger partial charge in [0.1, 0.15) is 28.5 Å². The van der Waals surface area contributed by atoms with Crippen LogP contribution in [0.1, 0.15) is 88.6 Å². The van der Waals surface area contributed by atoms with E-state index in [9.17, 15) is 22.4 Å². The van der Waals surface area contributed by atoms with E-state index in [4.69, 9.17) is 37.0 Å². The number of anilines is 2. The minimum absolute atomic E-state index is 0.0942. The Balaban J connectivity index is 0.000000253. The first-order valence-corrected chi connectivity index (χ1v) is 16.5. The number of hydrogen-bond acceptors (Lipinski definition) is 15. The van der Waals surface area contributed by atoms with Gasteiger partial charge in [0, 0.05) is 49.9 Å². The molecule has 0 atom stereocenters. The maximum atomic E-state index is 13.3. The van der Waals surface area contributed by atoms with Crippen molar-refractivity contribution in [1.29, 1.82) is 0 Å². The summed E-state index contributed by atoms with van der Waals surface area (Å²) in [6, 6.07) is 2.76. The van der Waals surface area contributed by atoms with E-state index in [-0.39, 0.29) is 84.6 Å². The Morgan fingerprint density at radius 1 is 0.981 bits per heavy atom. The van der Waals surface area contributed by atoms with Gasteiger partial charge in [0.25, 0.3) is 5.89 Å². The van der Waals surface area contributed by atoms with Gasteiger partial charge in [0.15, 0.2) is 11.6 Å². The molecule has 2 saturated carbocycles. The zero-order valence-electron chi connectivity index (χ0n) is 28.8. The lowest BCUT2D eigenvalue weighted by atomic mass is 9.92. The topological polar surface area (TPSA) is 244 Å². The second kappa shape index (κ2) is 19.1. The Morgan fingerprint density at radius 3 is 1.98 bits per heavy atom. The third-order valence-electron chi connectivity index (χ3n) is 7.32. The predicted molar refractivity (Wildman–Crippen MR) is 181 cm³/mol. The average Bonchev–Trinajstić information content (AvgIpc) is 3.53. The fourth-order valence-electron chi connectivity index (χ4n) is 4.81. The Kier molecular flexibility index (Phi) is 15.2. The number of aryl methyl sites for hydroxylation is 1. The number of hydroxylamine groups is 1. The molecule has 0 radical (unpaired) electrons. The Bertz CT molecular complexity index is 1670. The van der Waals surface area contributed by atoms with Crippen molar-refractivity contribution in [3.63, 3.8) is 0 Å². The fourth-order valence-corrected chi connectivity index (χ4v) is 5.00. The number of nitrogens with two attached hydrogens (primary N) is 1. The number of alkyl halides is 4. The number of nitrogens with one attached hydrogen (secondary N) is 3. The molecule has 0 aliphatic heterocycles. The zero-order chi connectivity index (χ0) is 38.5. The normalized spacial score (nSPS) is 17.5. The van der Waals surface area contributed by atoms with Crippen molar-refractivity contribution < 1.29 is 42.0 Å². The van der Waals surface area contributed by atoms with Gasteiger partial charge in [-0.05, 0) is 53.4 Å². The van der Waals surface area contributed by atoms with Crippen LogP contribution in [-0.4, -0.2) is 88.7 Å². The predicted octanol–water partition coefficient (Wildman–Crippen LogP) is 5.90. The van der Waals surface area contributed by atoms with Crippen LogP contribution in [0.2, 0.25) is 5.15 Å². The van der Waals surface area contributed by atoms with Gasteiger partial charge in [-0.1, -0.05) is 21.9 Å². The maximum Gasteiger partial charge on any atom is 0.376 e. The lowest BCUT2D eigenvalue weighted by Crippen LogP contribution is -2.32. The summed E-state index contributed by atoms with van der Waals surface area (Å²) in [5.41, 5.74) is 6.71. The van der Waals surface area contributed by atoms with Crippen LogP contribution in [0.15, 0.2) is 26.8 Å².